The van der Waals surface area contributed by atoms with E-state index in [2.05, 4.69) is 10.4 Å². The van der Waals surface area contributed by atoms with E-state index in [1.807, 2.05) is 12.1 Å². The Labute approximate surface area is 111 Å². The van der Waals surface area contributed by atoms with Crippen LogP contribution in [-0.4, -0.2) is 21.5 Å². The van der Waals surface area contributed by atoms with Crippen molar-refractivity contribution in [2.45, 2.75) is 39.3 Å². The van der Waals surface area contributed by atoms with Gasteiger partial charge in [-0.05, 0) is 20.8 Å². The van der Waals surface area contributed by atoms with Gasteiger partial charge in [-0.25, -0.2) is 9.48 Å². The van der Waals surface area contributed by atoms with Crippen molar-refractivity contribution in [1.29, 1.82) is 10.5 Å². The molecule has 0 spiro atoms. The lowest BCUT2D eigenvalue weighted by Gasteiger charge is -2.19. The van der Waals surface area contributed by atoms with Crippen LogP contribution in [0.25, 0.3) is 0 Å². The quantitative estimate of drug-likeness (QED) is 0.896. The smallest absolute Gasteiger partial charge is 0.413 e. The summed E-state index contributed by atoms with van der Waals surface area (Å²) in [5, 5.41) is 23.9. The lowest BCUT2D eigenvalue weighted by molar-refractivity contribution is 0.0634. The Bertz CT molecular complexity index is 542. The summed E-state index contributed by atoms with van der Waals surface area (Å²) < 4.78 is 6.50. The van der Waals surface area contributed by atoms with Crippen LogP contribution in [0.4, 0.5) is 10.6 Å². The number of aromatic nitrogens is 2. The van der Waals surface area contributed by atoms with E-state index in [-0.39, 0.29) is 17.8 Å². The van der Waals surface area contributed by atoms with Gasteiger partial charge in [0.05, 0.1) is 25.2 Å². The molecule has 0 saturated carbocycles. The van der Waals surface area contributed by atoms with Gasteiger partial charge in [0.25, 0.3) is 0 Å². The lowest BCUT2D eigenvalue weighted by Crippen LogP contribution is -2.28. The van der Waals surface area contributed by atoms with Crippen molar-refractivity contribution >= 4 is 11.9 Å². The Kier molecular flexibility index (Phi) is 4.49. The largest absolute Gasteiger partial charge is 0.444 e. The van der Waals surface area contributed by atoms with Gasteiger partial charge in [-0.15, -0.1) is 0 Å². The SMILES string of the molecule is CC(C)(C)OC(=O)Nc1c(C#N)cnn1CCC#N. The molecule has 7 nitrogen and oxygen atoms in total. The average Bonchev–Trinajstić information content (AvgIpc) is 2.66. The van der Waals surface area contributed by atoms with E-state index in [1.165, 1.54) is 10.9 Å². The predicted octanol–water partition coefficient (Wildman–Crippen LogP) is 2.02. The van der Waals surface area contributed by atoms with Crippen molar-refractivity contribution in [3.63, 3.8) is 0 Å². The number of hydrogen-bond acceptors (Lipinski definition) is 5. The van der Waals surface area contributed by atoms with Crippen molar-refractivity contribution in [3.05, 3.63) is 11.8 Å². The van der Waals surface area contributed by atoms with Crippen LogP contribution in [0.1, 0.15) is 32.8 Å². The van der Waals surface area contributed by atoms with E-state index in [9.17, 15) is 4.79 Å². The molecule has 0 saturated heterocycles. The van der Waals surface area contributed by atoms with Crippen molar-refractivity contribution in [1.82, 2.24) is 9.78 Å². The molecule has 0 atom stereocenters. The minimum Gasteiger partial charge on any atom is -0.444 e. The van der Waals surface area contributed by atoms with Crippen LogP contribution in [0.2, 0.25) is 0 Å². The summed E-state index contributed by atoms with van der Waals surface area (Å²) in [6.45, 7) is 5.52. The maximum Gasteiger partial charge on any atom is 0.413 e. The first-order valence-corrected chi connectivity index (χ1v) is 5.70. The highest BCUT2D eigenvalue weighted by atomic mass is 16.6. The summed E-state index contributed by atoms with van der Waals surface area (Å²) in [5.41, 5.74) is -0.405. The number of amides is 1. The first-order chi connectivity index (χ1) is 8.87. The number of nitrogens with one attached hydrogen (secondary N) is 1. The topological polar surface area (TPSA) is 104 Å². The highest BCUT2D eigenvalue weighted by Gasteiger charge is 2.19. The van der Waals surface area contributed by atoms with Crippen LogP contribution in [0.5, 0.6) is 0 Å². The van der Waals surface area contributed by atoms with Gasteiger partial charge in [0.2, 0.25) is 0 Å². The van der Waals surface area contributed by atoms with E-state index in [0.29, 0.717) is 6.54 Å². The normalized spacial score (nSPS) is 10.4. The summed E-state index contributed by atoms with van der Waals surface area (Å²) in [4.78, 5) is 11.7. The summed E-state index contributed by atoms with van der Waals surface area (Å²) >= 11 is 0. The first kappa shape index (κ1) is 14.5. The molecule has 19 heavy (non-hydrogen) atoms. The molecular weight excluding hydrogens is 246 g/mol. The minimum absolute atomic E-state index is 0.226. The highest BCUT2D eigenvalue weighted by molar-refractivity contribution is 5.85. The molecule has 1 rings (SSSR count). The molecule has 0 radical (unpaired) electrons. The van der Waals surface area contributed by atoms with Crippen LogP contribution in [0, 0.1) is 22.7 Å². The molecule has 1 N–H and O–H groups in total. The molecule has 1 amide bonds. The number of hydrogen-bond donors (Lipinski definition) is 1. The zero-order valence-electron chi connectivity index (χ0n) is 11.1. The Morgan fingerprint density at radius 1 is 1.53 bits per heavy atom. The van der Waals surface area contributed by atoms with E-state index < -0.39 is 11.7 Å². The molecule has 1 aromatic heterocycles. The molecule has 100 valence electrons. The molecule has 1 aromatic rings. The maximum absolute atomic E-state index is 11.7. The van der Waals surface area contributed by atoms with Crippen LogP contribution < -0.4 is 5.32 Å². The second-order valence-corrected chi connectivity index (χ2v) is 4.78. The van der Waals surface area contributed by atoms with Gasteiger partial charge in [0, 0.05) is 0 Å². The van der Waals surface area contributed by atoms with Gasteiger partial charge in [-0.2, -0.15) is 15.6 Å². The molecule has 0 aliphatic carbocycles. The second kappa shape index (κ2) is 5.87. The van der Waals surface area contributed by atoms with Crippen molar-refractivity contribution in [3.8, 4) is 12.1 Å². The third-order valence-corrected chi connectivity index (χ3v) is 2.01. The van der Waals surface area contributed by atoms with E-state index >= 15 is 0 Å². The number of nitriles is 2. The fourth-order valence-electron chi connectivity index (χ4n) is 1.32. The third-order valence-electron chi connectivity index (χ3n) is 2.01. The molecule has 0 fully saturated rings. The number of carbonyl (C=O) groups is 1. The third kappa shape index (κ3) is 4.32. The number of aryl methyl sites for hydroxylation is 1. The van der Waals surface area contributed by atoms with Gasteiger partial charge in [-0.1, -0.05) is 0 Å². The molecule has 0 aromatic carbocycles. The minimum atomic E-state index is -0.664. The van der Waals surface area contributed by atoms with Gasteiger partial charge in [0.1, 0.15) is 17.2 Å². The van der Waals surface area contributed by atoms with Crippen molar-refractivity contribution in [2.75, 3.05) is 5.32 Å². The number of carbonyl (C=O) groups excluding carboxylic acids is 1. The van der Waals surface area contributed by atoms with E-state index in [0.717, 1.165) is 0 Å². The van der Waals surface area contributed by atoms with Crippen LogP contribution in [0.15, 0.2) is 6.20 Å². The van der Waals surface area contributed by atoms with Crippen LogP contribution >= 0.6 is 0 Å². The Morgan fingerprint density at radius 3 is 2.74 bits per heavy atom. The van der Waals surface area contributed by atoms with Crippen LogP contribution in [0.3, 0.4) is 0 Å². The van der Waals surface area contributed by atoms with Gasteiger partial charge >= 0.3 is 6.09 Å². The van der Waals surface area contributed by atoms with Gasteiger partial charge in [-0.3, -0.25) is 5.32 Å². The predicted molar refractivity (Wildman–Crippen MR) is 67.0 cm³/mol. The van der Waals surface area contributed by atoms with Crippen molar-refractivity contribution in [2.24, 2.45) is 0 Å². The molecule has 7 heteroatoms. The molecule has 0 aliphatic heterocycles. The monoisotopic (exact) mass is 261 g/mol. The standard InChI is InChI=1S/C12H15N5O2/c1-12(2,3)19-11(18)16-10-9(7-14)8-15-17(10)6-4-5-13/h8H,4,6H2,1-3H3,(H,16,18). The number of ether oxygens (including phenoxy) is 1. The summed E-state index contributed by atoms with van der Waals surface area (Å²) in [7, 11) is 0. The fourth-order valence-corrected chi connectivity index (χ4v) is 1.32. The van der Waals surface area contributed by atoms with Crippen molar-refractivity contribution < 1.29 is 9.53 Å². The second-order valence-electron chi connectivity index (χ2n) is 4.78. The zero-order chi connectivity index (χ0) is 14.5. The summed E-state index contributed by atoms with van der Waals surface area (Å²) in [5.74, 6) is 0.243. The summed E-state index contributed by atoms with van der Waals surface area (Å²) in [6.07, 6.45) is 0.905. The van der Waals surface area contributed by atoms with Gasteiger partial charge < -0.3 is 4.74 Å². The Hall–Kier alpha value is -2.54. The first-order valence-electron chi connectivity index (χ1n) is 5.70. The number of nitrogens with zero attached hydrogens (tertiary/aromatic N) is 4. The average molecular weight is 261 g/mol. The summed E-state index contributed by atoms with van der Waals surface area (Å²) in [6, 6.07) is 3.90. The number of rotatable bonds is 3. The van der Waals surface area contributed by atoms with E-state index in [4.69, 9.17) is 15.3 Å². The highest BCUT2D eigenvalue weighted by Crippen LogP contribution is 2.16. The van der Waals surface area contributed by atoms with Gasteiger partial charge in [0.15, 0.2) is 5.82 Å². The number of anilines is 1. The Morgan fingerprint density at radius 2 is 2.21 bits per heavy atom. The molecule has 0 bridgehead atoms. The molecular formula is C12H15N5O2. The van der Waals surface area contributed by atoms with E-state index in [1.54, 1.807) is 20.8 Å². The molecule has 1 heterocycles. The Balaban J connectivity index is 2.87. The zero-order valence-corrected chi connectivity index (χ0v) is 11.1. The molecule has 0 unspecified atom stereocenters. The fraction of sp³-hybridized carbons (Fsp3) is 0.500. The van der Waals surface area contributed by atoms with Crippen LogP contribution in [-0.2, 0) is 11.3 Å². The lowest BCUT2D eigenvalue weighted by atomic mass is 10.2. The molecule has 0 aliphatic rings. The maximum atomic E-state index is 11.7.